The van der Waals surface area contributed by atoms with Crippen molar-refractivity contribution in [1.82, 2.24) is 20.3 Å². The molecule has 8 heteroatoms. The molecule has 2 N–H and O–H groups in total. The Labute approximate surface area is 178 Å². The quantitative estimate of drug-likeness (QED) is 0.467. The molecule has 0 unspecified atom stereocenters. The molecule has 4 aromatic rings. The number of para-hydroxylation sites is 1. The Balaban J connectivity index is 1.59. The van der Waals surface area contributed by atoms with Gasteiger partial charge in [-0.3, -0.25) is 14.6 Å². The first-order valence-corrected chi connectivity index (χ1v) is 9.53. The van der Waals surface area contributed by atoms with E-state index in [4.69, 9.17) is 0 Å². The Bertz CT molecular complexity index is 1230. The molecule has 1 amide bonds. The van der Waals surface area contributed by atoms with Crippen LogP contribution in [0, 0.1) is 0 Å². The van der Waals surface area contributed by atoms with Gasteiger partial charge < -0.3 is 15.4 Å². The van der Waals surface area contributed by atoms with Crippen LogP contribution in [-0.4, -0.2) is 40.5 Å². The number of carbonyl (C=O) groups excluding carboxylic acids is 2. The van der Waals surface area contributed by atoms with Crippen LogP contribution in [0.5, 0.6) is 0 Å². The summed E-state index contributed by atoms with van der Waals surface area (Å²) in [6, 6.07) is 18.3. The highest BCUT2D eigenvalue weighted by atomic mass is 16.5. The summed E-state index contributed by atoms with van der Waals surface area (Å²) in [4.78, 5) is 36.8. The Morgan fingerprint density at radius 1 is 0.968 bits per heavy atom. The van der Waals surface area contributed by atoms with Crippen LogP contribution in [-0.2, 0) is 9.53 Å². The predicted molar refractivity (Wildman–Crippen MR) is 117 cm³/mol. The number of hydrogen-bond donors (Lipinski definition) is 2. The SMILES string of the molecule is COC(=O)CNC(=O)c1ccc(Nc2nc(-c3cccnc3)nc3ccccc23)cc1. The highest BCUT2D eigenvalue weighted by Crippen LogP contribution is 2.27. The van der Waals surface area contributed by atoms with Crippen LogP contribution >= 0.6 is 0 Å². The lowest BCUT2D eigenvalue weighted by atomic mass is 10.1. The summed E-state index contributed by atoms with van der Waals surface area (Å²) in [5.41, 5.74) is 2.80. The van der Waals surface area contributed by atoms with Crippen LogP contribution < -0.4 is 10.6 Å². The van der Waals surface area contributed by atoms with E-state index in [9.17, 15) is 9.59 Å². The van der Waals surface area contributed by atoms with Crippen molar-refractivity contribution in [3.8, 4) is 11.4 Å². The largest absolute Gasteiger partial charge is 0.468 e. The number of pyridine rings is 1. The summed E-state index contributed by atoms with van der Waals surface area (Å²) in [6.07, 6.45) is 3.42. The third kappa shape index (κ3) is 4.64. The van der Waals surface area contributed by atoms with E-state index in [0.29, 0.717) is 17.2 Å². The molecule has 31 heavy (non-hydrogen) atoms. The molecule has 0 aliphatic rings. The van der Waals surface area contributed by atoms with Gasteiger partial charge >= 0.3 is 5.97 Å². The van der Waals surface area contributed by atoms with E-state index in [2.05, 4.69) is 30.3 Å². The summed E-state index contributed by atoms with van der Waals surface area (Å²) in [5.74, 6) is 0.343. The second-order valence-electron chi connectivity index (χ2n) is 6.62. The molecular weight excluding hydrogens is 394 g/mol. The number of esters is 1. The zero-order chi connectivity index (χ0) is 21.6. The van der Waals surface area contributed by atoms with Crippen molar-refractivity contribution in [3.63, 3.8) is 0 Å². The Morgan fingerprint density at radius 2 is 1.77 bits per heavy atom. The summed E-state index contributed by atoms with van der Waals surface area (Å²) in [7, 11) is 1.27. The maximum atomic E-state index is 12.1. The van der Waals surface area contributed by atoms with Gasteiger partial charge in [0.2, 0.25) is 0 Å². The second-order valence-corrected chi connectivity index (χ2v) is 6.62. The number of benzene rings is 2. The molecule has 0 aliphatic carbocycles. The second kappa shape index (κ2) is 9.00. The van der Waals surface area contributed by atoms with Gasteiger partial charge in [-0.15, -0.1) is 0 Å². The van der Waals surface area contributed by atoms with Gasteiger partial charge in [0.1, 0.15) is 12.4 Å². The number of nitrogens with one attached hydrogen (secondary N) is 2. The first-order valence-electron chi connectivity index (χ1n) is 9.53. The highest BCUT2D eigenvalue weighted by molar-refractivity contribution is 5.96. The maximum Gasteiger partial charge on any atom is 0.325 e. The Hall–Kier alpha value is -4.33. The van der Waals surface area contributed by atoms with Gasteiger partial charge in [0.25, 0.3) is 5.91 Å². The smallest absolute Gasteiger partial charge is 0.325 e. The van der Waals surface area contributed by atoms with Gasteiger partial charge in [0.05, 0.1) is 12.6 Å². The van der Waals surface area contributed by atoms with Crippen LogP contribution in [0.1, 0.15) is 10.4 Å². The van der Waals surface area contributed by atoms with Crippen LogP contribution in [0.3, 0.4) is 0 Å². The van der Waals surface area contributed by atoms with Crippen molar-refractivity contribution in [2.75, 3.05) is 19.0 Å². The fourth-order valence-electron chi connectivity index (χ4n) is 2.96. The highest BCUT2D eigenvalue weighted by Gasteiger charge is 2.11. The third-order valence-electron chi connectivity index (χ3n) is 4.55. The minimum Gasteiger partial charge on any atom is -0.468 e. The van der Waals surface area contributed by atoms with Gasteiger partial charge in [-0.05, 0) is 48.5 Å². The van der Waals surface area contributed by atoms with E-state index in [1.807, 2.05) is 36.4 Å². The number of anilines is 2. The van der Waals surface area contributed by atoms with E-state index in [1.54, 1.807) is 36.7 Å². The number of rotatable bonds is 6. The number of ether oxygens (including phenoxy) is 1. The molecule has 0 saturated heterocycles. The molecule has 0 radical (unpaired) electrons. The molecule has 0 aliphatic heterocycles. The molecule has 0 fully saturated rings. The minimum atomic E-state index is -0.508. The summed E-state index contributed by atoms with van der Waals surface area (Å²) < 4.78 is 4.52. The Morgan fingerprint density at radius 3 is 2.52 bits per heavy atom. The number of aromatic nitrogens is 3. The summed E-state index contributed by atoms with van der Waals surface area (Å²) in [6.45, 7) is -0.181. The summed E-state index contributed by atoms with van der Waals surface area (Å²) in [5, 5.41) is 6.68. The van der Waals surface area contributed by atoms with Crippen molar-refractivity contribution in [2.24, 2.45) is 0 Å². The average Bonchev–Trinajstić information content (AvgIpc) is 2.83. The molecule has 154 valence electrons. The van der Waals surface area contributed by atoms with Gasteiger partial charge in [0, 0.05) is 34.6 Å². The van der Waals surface area contributed by atoms with Crippen LogP contribution in [0.15, 0.2) is 73.1 Å². The van der Waals surface area contributed by atoms with Gasteiger partial charge in [-0.25, -0.2) is 9.97 Å². The zero-order valence-corrected chi connectivity index (χ0v) is 16.7. The maximum absolute atomic E-state index is 12.1. The fourth-order valence-corrected chi connectivity index (χ4v) is 2.96. The molecule has 2 aromatic carbocycles. The lowest BCUT2D eigenvalue weighted by molar-refractivity contribution is -0.139. The first kappa shape index (κ1) is 20.0. The lowest BCUT2D eigenvalue weighted by Gasteiger charge is -2.11. The molecule has 2 aromatic heterocycles. The van der Waals surface area contributed by atoms with Crippen molar-refractivity contribution >= 4 is 34.3 Å². The van der Waals surface area contributed by atoms with Crippen LogP contribution in [0.4, 0.5) is 11.5 Å². The topological polar surface area (TPSA) is 106 Å². The van der Waals surface area contributed by atoms with Gasteiger partial charge in [-0.2, -0.15) is 0 Å². The molecule has 0 atom stereocenters. The number of fused-ring (bicyclic) bond motifs is 1. The Kier molecular flexibility index (Phi) is 5.79. The van der Waals surface area contributed by atoms with Crippen LogP contribution in [0.25, 0.3) is 22.3 Å². The molecule has 8 nitrogen and oxygen atoms in total. The predicted octanol–water partition coefficient (Wildman–Crippen LogP) is 3.34. The molecule has 0 spiro atoms. The number of hydrogen-bond acceptors (Lipinski definition) is 7. The normalized spacial score (nSPS) is 10.5. The average molecular weight is 413 g/mol. The number of carbonyl (C=O) groups is 2. The van der Waals surface area contributed by atoms with Crippen molar-refractivity contribution < 1.29 is 14.3 Å². The monoisotopic (exact) mass is 413 g/mol. The van der Waals surface area contributed by atoms with Gasteiger partial charge in [-0.1, -0.05) is 12.1 Å². The molecular formula is C23H19N5O3. The zero-order valence-electron chi connectivity index (χ0n) is 16.7. The first-order chi connectivity index (χ1) is 15.1. The number of nitrogens with zero attached hydrogens (tertiary/aromatic N) is 3. The van der Waals surface area contributed by atoms with Crippen molar-refractivity contribution in [1.29, 1.82) is 0 Å². The molecule has 0 bridgehead atoms. The van der Waals surface area contributed by atoms with Gasteiger partial charge in [0.15, 0.2) is 5.82 Å². The van der Waals surface area contributed by atoms with Crippen LogP contribution in [0.2, 0.25) is 0 Å². The lowest BCUT2D eigenvalue weighted by Crippen LogP contribution is -2.30. The third-order valence-corrected chi connectivity index (χ3v) is 4.55. The van der Waals surface area contributed by atoms with Crippen molar-refractivity contribution in [2.45, 2.75) is 0 Å². The van der Waals surface area contributed by atoms with E-state index >= 15 is 0 Å². The molecule has 2 heterocycles. The summed E-state index contributed by atoms with van der Waals surface area (Å²) >= 11 is 0. The number of methoxy groups -OCH3 is 1. The van der Waals surface area contributed by atoms with E-state index in [1.165, 1.54) is 7.11 Å². The molecule has 4 rings (SSSR count). The van der Waals surface area contributed by atoms with E-state index in [0.717, 1.165) is 22.2 Å². The molecule has 0 saturated carbocycles. The van der Waals surface area contributed by atoms with E-state index < -0.39 is 5.97 Å². The number of amides is 1. The van der Waals surface area contributed by atoms with E-state index in [-0.39, 0.29) is 12.5 Å². The van der Waals surface area contributed by atoms with Crippen molar-refractivity contribution in [3.05, 3.63) is 78.6 Å². The standard InChI is InChI=1S/C23H19N5O3/c1-31-20(29)14-25-23(30)15-8-10-17(11-9-15)26-22-18-6-2-3-7-19(18)27-21(28-22)16-5-4-12-24-13-16/h2-13H,14H2,1H3,(H,25,30)(H,26,27,28). The fraction of sp³-hybridized carbons (Fsp3) is 0.0870. The minimum absolute atomic E-state index is 0.181.